The summed E-state index contributed by atoms with van der Waals surface area (Å²) < 4.78 is 11.2. The van der Waals surface area contributed by atoms with Crippen LogP contribution in [-0.4, -0.2) is 23.3 Å². The maximum absolute atomic E-state index is 13.4. The monoisotopic (exact) mass is 480 g/mol. The first-order chi connectivity index (χ1) is 17.4. The number of amides is 2. The molecule has 2 heterocycles. The first-order valence-electron chi connectivity index (χ1n) is 11.8. The maximum atomic E-state index is 13.4. The van der Waals surface area contributed by atoms with Crippen molar-refractivity contribution in [3.8, 4) is 17.1 Å². The van der Waals surface area contributed by atoms with Crippen molar-refractivity contribution in [2.45, 2.75) is 33.7 Å². The van der Waals surface area contributed by atoms with E-state index in [1.165, 1.54) is 5.56 Å². The molecule has 1 unspecified atom stereocenters. The zero-order chi connectivity index (χ0) is 25.4. The second kappa shape index (κ2) is 9.34. The van der Waals surface area contributed by atoms with E-state index in [2.05, 4.69) is 36.5 Å². The van der Waals surface area contributed by atoms with Gasteiger partial charge in [-0.3, -0.25) is 4.90 Å². The number of anilines is 1. The number of hydrogen-bond donors (Lipinski definition) is 1. The van der Waals surface area contributed by atoms with E-state index in [0.717, 1.165) is 39.2 Å². The van der Waals surface area contributed by atoms with Gasteiger partial charge in [-0.25, -0.2) is 4.79 Å². The average molecular weight is 481 g/mol. The van der Waals surface area contributed by atoms with Crippen LogP contribution in [0.15, 0.2) is 77.0 Å². The van der Waals surface area contributed by atoms with E-state index < -0.39 is 6.04 Å². The van der Waals surface area contributed by atoms with Crippen LogP contribution in [0.4, 0.5) is 10.5 Å². The number of carbonyl (C=O) groups excluding carboxylic acids is 1. The molecule has 2 amide bonds. The van der Waals surface area contributed by atoms with Gasteiger partial charge in [-0.2, -0.15) is 4.98 Å². The molecule has 5 rings (SSSR count). The number of aryl methyl sites for hydroxylation is 3. The molecule has 1 aromatic heterocycles. The van der Waals surface area contributed by atoms with Gasteiger partial charge in [-0.15, -0.1) is 0 Å². The molecule has 7 heteroatoms. The Morgan fingerprint density at radius 3 is 2.50 bits per heavy atom. The average Bonchev–Trinajstić information content (AvgIpc) is 3.35. The summed E-state index contributed by atoms with van der Waals surface area (Å²) in [5, 5.41) is 7.43. The molecule has 1 aliphatic heterocycles. The zero-order valence-corrected chi connectivity index (χ0v) is 21.0. The van der Waals surface area contributed by atoms with Gasteiger partial charge >= 0.3 is 6.03 Å². The van der Waals surface area contributed by atoms with E-state index >= 15 is 0 Å². The molecule has 1 aliphatic rings. The molecule has 36 heavy (non-hydrogen) atoms. The van der Waals surface area contributed by atoms with Crippen LogP contribution in [0, 0.1) is 20.8 Å². The second-order valence-electron chi connectivity index (χ2n) is 9.05. The quantitative estimate of drug-likeness (QED) is 0.359. The molecule has 1 atom stereocenters. The number of nitrogens with one attached hydrogen (secondary N) is 1. The van der Waals surface area contributed by atoms with E-state index in [-0.39, 0.29) is 6.03 Å². The highest BCUT2D eigenvalue weighted by molar-refractivity contribution is 6.01. The molecule has 0 bridgehead atoms. The predicted octanol–water partition coefficient (Wildman–Crippen LogP) is 6.37. The van der Waals surface area contributed by atoms with E-state index in [1.54, 1.807) is 12.0 Å². The summed E-state index contributed by atoms with van der Waals surface area (Å²) >= 11 is 0. The molecule has 0 fully saturated rings. The predicted molar refractivity (Wildman–Crippen MR) is 140 cm³/mol. The molecular weight excluding hydrogens is 452 g/mol. The smallest absolute Gasteiger partial charge is 0.326 e. The molecule has 4 aromatic rings. The molecule has 3 aromatic carbocycles. The Hall–Kier alpha value is -4.39. The van der Waals surface area contributed by atoms with Gasteiger partial charge in [0.2, 0.25) is 5.82 Å². The number of hydrogen-bond acceptors (Lipinski definition) is 5. The highest BCUT2D eigenvalue weighted by Crippen LogP contribution is 2.39. The van der Waals surface area contributed by atoms with Crippen molar-refractivity contribution in [1.29, 1.82) is 0 Å². The van der Waals surface area contributed by atoms with Crippen LogP contribution in [0.25, 0.3) is 17.0 Å². The molecule has 0 spiro atoms. The number of rotatable bonds is 5. The molecule has 1 N–H and O–H groups in total. The lowest BCUT2D eigenvalue weighted by Crippen LogP contribution is -2.46. The van der Waals surface area contributed by atoms with Crippen molar-refractivity contribution in [3.63, 3.8) is 0 Å². The fourth-order valence-electron chi connectivity index (χ4n) is 4.50. The largest absolute Gasteiger partial charge is 0.497 e. The molecule has 0 saturated carbocycles. The Morgan fingerprint density at radius 1 is 0.944 bits per heavy atom. The first kappa shape index (κ1) is 23.4. The van der Waals surface area contributed by atoms with Gasteiger partial charge in [0.05, 0.1) is 24.4 Å². The summed E-state index contributed by atoms with van der Waals surface area (Å²) in [6, 6.07) is 20.9. The van der Waals surface area contributed by atoms with Crippen LogP contribution in [0.5, 0.6) is 5.75 Å². The minimum absolute atomic E-state index is 0.211. The van der Waals surface area contributed by atoms with Crippen molar-refractivity contribution < 1.29 is 14.1 Å². The Kier molecular flexibility index (Phi) is 6.06. The van der Waals surface area contributed by atoms with Crippen LogP contribution in [-0.2, 0) is 0 Å². The van der Waals surface area contributed by atoms with Crippen molar-refractivity contribution in [2.24, 2.45) is 0 Å². The van der Waals surface area contributed by atoms with Crippen molar-refractivity contribution in [2.75, 3.05) is 12.0 Å². The minimum atomic E-state index is -0.448. The molecule has 0 aliphatic carbocycles. The van der Waals surface area contributed by atoms with Gasteiger partial charge in [0.15, 0.2) is 0 Å². The van der Waals surface area contributed by atoms with Crippen LogP contribution >= 0.6 is 0 Å². The zero-order valence-electron chi connectivity index (χ0n) is 21.0. The molecule has 0 saturated heterocycles. The lowest BCUT2D eigenvalue weighted by molar-refractivity contribution is 0.244. The Bertz CT molecular complexity index is 1490. The van der Waals surface area contributed by atoms with Gasteiger partial charge in [0.1, 0.15) is 5.75 Å². The number of urea groups is 1. The molecule has 7 nitrogen and oxygen atoms in total. The maximum Gasteiger partial charge on any atom is 0.326 e. The van der Waals surface area contributed by atoms with E-state index in [1.807, 2.05) is 68.4 Å². The Labute approximate surface area is 210 Å². The lowest BCUT2D eigenvalue weighted by Gasteiger charge is -2.35. The summed E-state index contributed by atoms with van der Waals surface area (Å²) in [4.78, 5) is 19.8. The number of benzene rings is 3. The minimum Gasteiger partial charge on any atom is -0.497 e. The van der Waals surface area contributed by atoms with Gasteiger partial charge < -0.3 is 14.6 Å². The number of aromatic nitrogens is 2. The fourth-order valence-corrected chi connectivity index (χ4v) is 4.50. The van der Waals surface area contributed by atoms with Gasteiger partial charge in [-0.1, -0.05) is 47.6 Å². The van der Waals surface area contributed by atoms with Gasteiger partial charge in [0.25, 0.3) is 5.89 Å². The molecular formula is C29H28N4O3. The van der Waals surface area contributed by atoms with E-state index in [0.29, 0.717) is 17.5 Å². The topological polar surface area (TPSA) is 80.5 Å². The number of carbonyl (C=O) groups is 1. The van der Waals surface area contributed by atoms with Crippen LogP contribution < -0.4 is 15.0 Å². The summed E-state index contributed by atoms with van der Waals surface area (Å²) in [7, 11) is 1.62. The second-order valence-corrected chi connectivity index (χ2v) is 9.05. The van der Waals surface area contributed by atoms with Gasteiger partial charge in [0, 0.05) is 11.3 Å². The molecule has 182 valence electrons. The van der Waals surface area contributed by atoms with Crippen LogP contribution in [0.2, 0.25) is 0 Å². The number of nitrogens with zero attached hydrogens (tertiary/aromatic N) is 3. The Morgan fingerprint density at radius 2 is 1.75 bits per heavy atom. The van der Waals surface area contributed by atoms with E-state index in [9.17, 15) is 4.79 Å². The van der Waals surface area contributed by atoms with Gasteiger partial charge in [-0.05, 0) is 74.2 Å². The molecule has 0 radical (unpaired) electrons. The summed E-state index contributed by atoms with van der Waals surface area (Å²) in [6.07, 6.45) is 0. The summed E-state index contributed by atoms with van der Waals surface area (Å²) in [5.41, 5.74) is 7.36. The standard InChI is InChI=1S/C29H28N4O3/c1-17-8-6-10-23(14-17)33-20(4)25(26(30-29(33)34)21-13-12-18(2)19(3)15-21)28-31-27(32-36-28)22-9-7-11-24(16-22)35-5/h6-16,26H,1-5H3,(H,30,34). The highest BCUT2D eigenvalue weighted by atomic mass is 16.5. The van der Waals surface area contributed by atoms with E-state index in [4.69, 9.17) is 14.2 Å². The first-order valence-corrected chi connectivity index (χ1v) is 11.8. The summed E-state index contributed by atoms with van der Waals surface area (Å²) in [5.74, 6) is 1.51. The fraction of sp³-hybridized carbons (Fsp3) is 0.207. The third-order valence-electron chi connectivity index (χ3n) is 6.59. The SMILES string of the molecule is COc1cccc(-c2noc(C3=C(C)N(c4cccc(C)c4)C(=O)NC3c3ccc(C)c(C)c3)n2)c1. The van der Waals surface area contributed by atoms with Crippen LogP contribution in [0.1, 0.15) is 41.1 Å². The third kappa shape index (κ3) is 4.24. The number of methoxy groups -OCH3 is 1. The number of ether oxygens (including phenoxy) is 1. The van der Waals surface area contributed by atoms with Crippen LogP contribution in [0.3, 0.4) is 0 Å². The van der Waals surface area contributed by atoms with Crippen molar-refractivity contribution in [1.82, 2.24) is 15.5 Å². The normalized spacial score (nSPS) is 15.8. The highest BCUT2D eigenvalue weighted by Gasteiger charge is 2.36. The van der Waals surface area contributed by atoms with Crippen molar-refractivity contribution in [3.05, 3.63) is 101 Å². The Balaban J connectivity index is 1.66. The lowest BCUT2D eigenvalue weighted by atomic mass is 9.92. The number of allylic oxidation sites excluding steroid dienone is 1. The third-order valence-corrected chi connectivity index (χ3v) is 6.59. The summed E-state index contributed by atoms with van der Waals surface area (Å²) in [6.45, 7) is 8.05. The van der Waals surface area contributed by atoms with Crippen molar-refractivity contribution >= 4 is 17.3 Å².